The highest BCUT2D eigenvalue weighted by molar-refractivity contribution is 5.75. The van der Waals surface area contributed by atoms with E-state index >= 15 is 0 Å². The maximum atomic E-state index is 11.8. The fraction of sp³-hybridized carbons (Fsp3) is 0.933. The number of aliphatic hydroxyl groups is 1. The number of ether oxygens (including phenoxy) is 3. The van der Waals surface area contributed by atoms with Gasteiger partial charge in [-0.15, -0.1) is 0 Å². The van der Waals surface area contributed by atoms with Crippen LogP contribution in [0.5, 0.6) is 0 Å². The van der Waals surface area contributed by atoms with E-state index in [2.05, 4.69) is 0 Å². The molecule has 0 radical (unpaired) electrons. The monoisotopic (exact) mass is 286 g/mol. The zero-order valence-electron chi connectivity index (χ0n) is 13.0. The van der Waals surface area contributed by atoms with Crippen LogP contribution in [0.2, 0.25) is 0 Å². The van der Waals surface area contributed by atoms with Gasteiger partial charge in [-0.2, -0.15) is 0 Å². The van der Waals surface area contributed by atoms with Crippen LogP contribution in [0.3, 0.4) is 0 Å². The van der Waals surface area contributed by atoms with Crippen LogP contribution in [0.1, 0.15) is 41.0 Å². The Balaban J connectivity index is 1.97. The topological polar surface area (TPSA) is 65.0 Å². The van der Waals surface area contributed by atoms with Gasteiger partial charge >= 0.3 is 5.97 Å². The fourth-order valence-corrected chi connectivity index (χ4v) is 2.94. The standard InChI is InChI=1S/C15H26O5/c1-14(2,3)13(17)18-8-10-6-9(7-16)11-12(10)20-15(4,5)19-11/h9-12,16H,6-8H2,1-5H3/t9-,10+,11-,12+/m0/s1. The Morgan fingerprint density at radius 2 is 1.80 bits per heavy atom. The molecule has 2 fully saturated rings. The lowest BCUT2D eigenvalue weighted by atomic mass is 9.97. The Morgan fingerprint density at radius 3 is 2.30 bits per heavy atom. The second kappa shape index (κ2) is 5.28. The molecule has 0 aromatic rings. The number of aliphatic hydroxyl groups excluding tert-OH is 1. The lowest BCUT2D eigenvalue weighted by Gasteiger charge is -2.24. The van der Waals surface area contributed by atoms with Crippen molar-refractivity contribution in [2.24, 2.45) is 17.3 Å². The van der Waals surface area contributed by atoms with Gasteiger partial charge < -0.3 is 19.3 Å². The van der Waals surface area contributed by atoms with Gasteiger partial charge in [0, 0.05) is 18.4 Å². The van der Waals surface area contributed by atoms with Crippen LogP contribution in [0.4, 0.5) is 0 Å². The normalized spacial score (nSPS) is 35.9. The van der Waals surface area contributed by atoms with E-state index in [-0.39, 0.29) is 36.6 Å². The van der Waals surface area contributed by atoms with Crippen LogP contribution in [0, 0.1) is 17.3 Å². The summed E-state index contributed by atoms with van der Waals surface area (Å²) in [5.74, 6) is -0.694. The molecular formula is C15H26O5. The van der Waals surface area contributed by atoms with Crippen LogP contribution in [-0.2, 0) is 19.0 Å². The van der Waals surface area contributed by atoms with Gasteiger partial charge in [0.05, 0.1) is 24.2 Å². The third kappa shape index (κ3) is 3.15. The maximum absolute atomic E-state index is 11.8. The van der Waals surface area contributed by atoms with E-state index in [0.29, 0.717) is 6.61 Å². The molecule has 2 rings (SSSR count). The van der Waals surface area contributed by atoms with E-state index in [1.807, 2.05) is 34.6 Å². The van der Waals surface area contributed by atoms with Gasteiger partial charge in [0.25, 0.3) is 0 Å². The molecule has 20 heavy (non-hydrogen) atoms. The third-order valence-electron chi connectivity index (χ3n) is 3.97. The molecule has 0 aromatic heterocycles. The highest BCUT2D eigenvalue weighted by Gasteiger charge is 2.53. The van der Waals surface area contributed by atoms with Crippen molar-refractivity contribution < 1.29 is 24.1 Å². The van der Waals surface area contributed by atoms with E-state index in [9.17, 15) is 9.90 Å². The van der Waals surface area contributed by atoms with Crippen molar-refractivity contribution in [3.8, 4) is 0 Å². The van der Waals surface area contributed by atoms with E-state index in [1.54, 1.807) is 0 Å². The zero-order valence-corrected chi connectivity index (χ0v) is 13.0. The molecule has 2 aliphatic rings. The molecule has 0 amide bonds. The van der Waals surface area contributed by atoms with E-state index < -0.39 is 11.2 Å². The lowest BCUT2D eigenvalue weighted by Crippen LogP contribution is -2.31. The molecule has 1 aliphatic carbocycles. The summed E-state index contributed by atoms with van der Waals surface area (Å²) >= 11 is 0. The molecule has 5 nitrogen and oxygen atoms in total. The first-order chi connectivity index (χ1) is 9.14. The SMILES string of the molecule is CC1(C)O[C@@H]2[C@@H](COC(=O)C(C)(C)C)C[C@@H](CO)[C@@H]2O1. The summed E-state index contributed by atoms with van der Waals surface area (Å²) in [5.41, 5.74) is -0.499. The van der Waals surface area contributed by atoms with Crippen molar-refractivity contribution >= 4 is 5.97 Å². The zero-order chi connectivity index (χ0) is 15.1. The molecule has 1 saturated carbocycles. The molecule has 0 aromatic carbocycles. The molecule has 0 bridgehead atoms. The average molecular weight is 286 g/mol. The Labute approximate surface area is 120 Å². The Hall–Kier alpha value is -0.650. The van der Waals surface area contributed by atoms with Crippen LogP contribution in [-0.4, -0.2) is 42.3 Å². The van der Waals surface area contributed by atoms with Crippen molar-refractivity contribution in [3.63, 3.8) is 0 Å². The van der Waals surface area contributed by atoms with Crippen LogP contribution in [0.15, 0.2) is 0 Å². The summed E-state index contributed by atoms with van der Waals surface area (Å²) in [6.45, 7) is 9.65. The highest BCUT2D eigenvalue weighted by atomic mass is 16.8. The second-order valence-electron chi connectivity index (χ2n) is 7.35. The largest absolute Gasteiger partial charge is 0.465 e. The van der Waals surface area contributed by atoms with Crippen molar-refractivity contribution in [2.75, 3.05) is 13.2 Å². The number of hydrogen-bond acceptors (Lipinski definition) is 5. The average Bonchev–Trinajstić information content (AvgIpc) is 2.78. The summed E-state index contributed by atoms with van der Waals surface area (Å²) < 4.78 is 17.2. The van der Waals surface area contributed by atoms with E-state index in [0.717, 1.165) is 6.42 Å². The lowest BCUT2D eigenvalue weighted by molar-refractivity contribution is -0.168. The quantitative estimate of drug-likeness (QED) is 0.800. The van der Waals surface area contributed by atoms with Gasteiger partial charge in [0.2, 0.25) is 0 Å². The first-order valence-electron chi connectivity index (χ1n) is 7.28. The predicted octanol–water partition coefficient (Wildman–Crippen LogP) is 1.72. The number of esters is 1. The van der Waals surface area contributed by atoms with Gasteiger partial charge in [0.1, 0.15) is 0 Å². The Morgan fingerprint density at radius 1 is 1.25 bits per heavy atom. The Kier molecular flexibility index (Phi) is 4.15. The van der Waals surface area contributed by atoms with Crippen molar-refractivity contribution in [1.29, 1.82) is 0 Å². The smallest absolute Gasteiger partial charge is 0.311 e. The van der Waals surface area contributed by atoms with Crippen LogP contribution in [0.25, 0.3) is 0 Å². The minimum absolute atomic E-state index is 0.0557. The van der Waals surface area contributed by atoms with Crippen LogP contribution < -0.4 is 0 Å². The number of rotatable bonds is 3. The molecule has 5 heteroatoms. The molecule has 1 aliphatic heterocycles. The summed E-state index contributed by atoms with van der Waals surface area (Å²) in [4.78, 5) is 11.8. The molecule has 4 atom stereocenters. The summed E-state index contributed by atoms with van der Waals surface area (Å²) in [6.07, 6.45) is 0.558. The van der Waals surface area contributed by atoms with Crippen molar-refractivity contribution in [3.05, 3.63) is 0 Å². The molecular weight excluding hydrogens is 260 g/mol. The number of fused-ring (bicyclic) bond motifs is 1. The van der Waals surface area contributed by atoms with Gasteiger partial charge in [0.15, 0.2) is 5.79 Å². The molecule has 1 N–H and O–H groups in total. The van der Waals surface area contributed by atoms with Gasteiger partial charge in [-0.25, -0.2) is 0 Å². The van der Waals surface area contributed by atoms with Crippen molar-refractivity contribution in [2.45, 2.75) is 59.0 Å². The highest BCUT2D eigenvalue weighted by Crippen LogP contribution is 2.44. The summed E-state index contributed by atoms with van der Waals surface area (Å²) in [6, 6.07) is 0. The van der Waals surface area contributed by atoms with Crippen molar-refractivity contribution in [1.82, 2.24) is 0 Å². The van der Waals surface area contributed by atoms with Gasteiger partial charge in [-0.3, -0.25) is 4.79 Å². The van der Waals surface area contributed by atoms with Gasteiger partial charge in [-0.1, -0.05) is 0 Å². The first-order valence-corrected chi connectivity index (χ1v) is 7.28. The molecule has 0 unspecified atom stereocenters. The number of carbonyl (C=O) groups excluding carboxylic acids is 1. The van der Waals surface area contributed by atoms with E-state index in [4.69, 9.17) is 14.2 Å². The Bertz CT molecular complexity index is 371. The third-order valence-corrected chi connectivity index (χ3v) is 3.97. The molecule has 1 heterocycles. The predicted molar refractivity (Wildman–Crippen MR) is 72.9 cm³/mol. The first kappa shape index (κ1) is 15.7. The molecule has 1 saturated heterocycles. The second-order valence-corrected chi connectivity index (χ2v) is 7.35. The molecule has 0 spiro atoms. The van der Waals surface area contributed by atoms with Gasteiger partial charge in [-0.05, 0) is 41.0 Å². The number of hydrogen-bond donors (Lipinski definition) is 1. The van der Waals surface area contributed by atoms with E-state index in [1.165, 1.54) is 0 Å². The summed E-state index contributed by atoms with van der Waals surface area (Å²) in [7, 11) is 0. The minimum Gasteiger partial charge on any atom is -0.465 e. The fourth-order valence-electron chi connectivity index (χ4n) is 2.94. The number of carbonyl (C=O) groups is 1. The molecule has 116 valence electrons. The van der Waals surface area contributed by atoms with Crippen LogP contribution >= 0.6 is 0 Å². The maximum Gasteiger partial charge on any atom is 0.311 e. The minimum atomic E-state index is -0.630. The summed E-state index contributed by atoms with van der Waals surface area (Å²) in [5, 5.41) is 9.46.